The maximum absolute atomic E-state index is 5.50. The van der Waals surface area contributed by atoms with Crippen LogP contribution in [0.2, 0.25) is 0 Å². The molecule has 3 heterocycles. The minimum atomic E-state index is 0.301. The Hall–Kier alpha value is -0.490. The lowest BCUT2D eigenvalue weighted by molar-refractivity contribution is 0.0757. The summed E-state index contributed by atoms with van der Waals surface area (Å²) in [6, 6.07) is 0.301. The number of nitrogens with one attached hydrogen (secondary N) is 1. The summed E-state index contributed by atoms with van der Waals surface area (Å²) in [6.45, 7) is 4.92. The molecular weight excluding hydrogens is 246 g/mol. The standard InChI is InChI=1S/C13H21N3OS/c1-16-5-2-10(3-6-16)13-15-12(9-18-13)11-8-17-7-4-14-11/h9-11,14H,2-8H2,1H3. The van der Waals surface area contributed by atoms with E-state index < -0.39 is 0 Å². The number of rotatable bonds is 2. The zero-order valence-electron chi connectivity index (χ0n) is 10.9. The second kappa shape index (κ2) is 5.65. The molecule has 0 amide bonds. The summed E-state index contributed by atoms with van der Waals surface area (Å²) in [4.78, 5) is 7.24. The summed E-state index contributed by atoms with van der Waals surface area (Å²) in [5.41, 5.74) is 1.17. The third-order valence-electron chi connectivity index (χ3n) is 3.89. The Kier molecular flexibility index (Phi) is 3.94. The van der Waals surface area contributed by atoms with Gasteiger partial charge in [-0.2, -0.15) is 0 Å². The van der Waals surface area contributed by atoms with E-state index in [4.69, 9.17) is 9.72 Å². The quantitative estimate of drug-likeness (QED) is 0.883. The fourth-order valence-corrected chi connectivity index (χ4v) is 3.70. The lowest BCUT2D eigenvalue weighted by Crippen LogP contribution is -2.34. The van der Waals surface area contributed by atoms with Crippen LogP contribution in [0.1, 0.15) is 35.5 Å². The van der Waals surface area contributed by atoms with Crippen molar-refractivity contribution in [3.8, 4) is 0 Å². The molecular formula is C13H21N3OS. The van der Waals surface area contributed by atoms with Crippen LogP contribution < -0.4 is 5.32 Å². The van der Waals surface area contributed by atoms with Crippen molar-refractivity contribution in [3.05, 3.63) is 16.1 Å². The largest absolute Gasteiger partial charge is 0.378 e. The number of thiazole rings is 1. The molecule has 4 nitrogen and oxygen atoms in total. The molecule has 2 aliphatic heterocycles. The fraction of sp³-hybridized carbons (Fsp3) is 0.769. The SMILES string of the molecule is CN1CCC(c2nc(C3COCCN3)cs2)CC1. The van der Waals surface area contributed by atoms with Gasteiger partial charge in [0.25, 0.3) is 0 Å². The normalized spacial score (nSPS) is 27.5. The third kappa shape index (κ3) is 2.74. The van der Waals surface area contributed by atoms with E-state index >= 15 is 0 Å². The molecule has 2 fully saturated rings. The van der Waals surface area contributed by atoms with E-state index in [0.717, 1.165) is 19.8 Å². The average Bonchev–Trinajstić information content (AvgIpc) is 2.90. The molecule has 5 heteroatoms. The van der Waals surface area contributed by atoms with Crippen molar-refractivity contribution in [3.63, 3.8) is 0 Å². The fourth-order valence-electron chi connectivity index (χ4n) is 2.66. The highest BCUT2D eigenvalue weighted by atomic mass is 32.1. The number of morpholine rings is 1. The second-order valence-electron chi connectivity index (χ2n) is 5.27. The molecule has 0 radical (unpaired) electrons. The molecule has 3 rings (SSSR count). The monoisotopic (exact) mass is 267 g/mol. The molecule has 2 saturated heterocycles. The highest BCUT2D eigenvalue weighted by Gasteiger charge is 2.23. The van der Waals surface area contributed by atoms with Gasteiger partial charge in [0.1, 0.15) is 0 Å². The van der Waals surface area contributed by atoms with Crippen LogP contribution >= 0.6 is 11.3 Å². The Morgan fingerprint density at radius 2 is 2.28 bits per heavy atom. The first-order valence-corrected chi connectivity index (χ1v) is 7.66. The van der Waals surface area contributed by atoms with Gasteiger partial charge in [-0.05, 0) is 33.0 Å². The van der Waals surface area contributed by atoms with Gasteiger partial charge in [0, 0.05) is 17.8 Å². The van der Waals surface area contributed by atoms with E-state index in [1.165, 1.54) is 36.6 Å². The van der Waals surface area contributed by atoms with E-state index in [1.807, 2.05) is 11.3 Å². The van der Waals surface area contributed by atoms with Crippen molar-refractivity contribution < 1.29 is 4.74 Å². The molecule has 2 aliphatic rings. The second-order valence-corrected chi connectivity index (χ2v) is 6.16. The maximum Gasteiger partial charge on any atom is 0.0960 e. The minimum absolute atomic E-state index is 0.301. The van der Waals surface area contributed by atoms with Crippen molar-refractivity contribution >= 4 is 11.3 Å². The predicted octanol–water partition coefficient (Wildman–Crippen LogP) is 1.61. The van der Waals surface area contributed by atoms with E-state index in [1.54, 1.807) is 0 Å². The summed E-state index contributed by atoms with van der Waals surface area (Å²) in [6.07, 6.45) is 2.50. The van der Waals surface area contributed by atoms with E-state index in [-0.39, 0.29) is 0 Å². The Labute approximate surface area is 112 Å². The van der Waals surface area contributed by atoms with Crippen molar-refractivity contribution in [1.82, 2.24) is 15.2 Å². The molecule has 0 bridgehead atoms. The number of piperidine rings is 1. The molecule has 0 aromatic carbocycles. The zero-order valence-corrected chi connectivity index (χ0v) is 11.7. The Morgan fingerprint density at radius 3 is 3.00 bits per heavy atom. The lowest BCUT2D eigenvalue weighted by Gasteiger charge is -2.27. The van der Waals surface area contributed by atoms with Crippen LogP contribution in [0, 0.1) is 0 Å². The lowest BCUT2D eigenvalue weighted by atomic mass is 9.98. The van der Waals surface area contributed by atoms with Crippen molar-refractivity contribution in [1.29, 1.82) is 0 Å². The molecule has 0 spiro atoms. The van der Waals surface area contributed by atoms with E-state index in [2.05, 4.69) is 22.6 Å². The predicted molar refractivity (Wildman–Crippen MR) is 73.1 cm³/mol. The summed E-state index contributed by atoms with van der Waals surface area (Å²) in [5.74, 6) is 0.671. The molecule has 1 unspecified atom stereocenters. The third-order valence-corrected chi connectivity index (χ3v) is 4.91. The van der Waals surface area contributed by atoms with Crippen LogP contribution in [0.3, 0.4) is 0 Å². The van der Waals surface area contributed by atoms with Gasteiger partial charge in [0.15, 0.2) is 0 Å². The molecule has 1 atom stereocenters. The van der Waals surface area contributed by atoms with Crippen LogP contribution in [0.5, 0.6) is 0 Å². The van der Waals surface area contributed by atoms with Gasteiger partial charge >= 0.3 is 0 Å². The summed E-state index contributed by atoms with van der Waals surface area (Å²) < 4.78 is 5.50. The highest BCUT2D eigenvalue weighted by Crippen LogP contribution is 2.31. The first-order valence-electron chi connectivity index (χ1n) is 6.78. The number of nitrogens with zero attached hydrogens (tertiary/aromatic N) is 2. The first-order chi connectivity index (χ1) is 8.83. The zero-order chi connectivity index (χ0) is 12.4. The Bertz CT molecular complexity index is 381. The van der Waals surface area contributed by atoms with Crippen LogP contribution in [-0.2, 0) is 4.74 Å². The molecule has 1 aromatic rings. The number of hydrogen-bond acceptors (Lipinski definition) is 5. The number of aromatic nitrogens is 1. The number of likely N-dealkylation sites (tertiary alicyclic amines) is 1. The maximum atomic E-state index is 5.50. The van der Waals surface area contributed by atoms with Gasteiger partial charge in [-0.15, -0.1) is 11.3 Å². The molecule has 1 aromatic heterocycles. The summed E-state index contributed by atoms with van der Waals surface area (Å²) >= 11 is 1.83. The number of ether oxygens (including phenoxy) is 1. The van der Waals surface area contributed by atoms with Crippen LogP contribution in [0.4, 0.5) is 0 Å². The smallest absolute Gasteiger partial charge is 0.0960 e. The van der Waals surface area contributed by atoms with Crippen molar-refractivity contribution in [2.75, 3.05) is 39.9 Å². The topological polar surface area (TPSA) is 37.4 Å². The van der Waals surface area contributed by atoms with Gasteiger partial charge in [-0.1, -0.05) is 0 Å². The molecule has 0 saturated carbocycles. The molecule has 0 aliphatic carbocycles. The summed E-state index contributed by atoms with van der Waals surface area (Å²) in [7, 11) is 2.20. The molecule has 100 valence electrons. The van der Waals surface area contributed by atoms with Crippen molar-refractivity contribution in [2.24, 2.45) is 0 Å². The van der Waals surface area contributed by atoms with Crippen LogP contribution in [0.15, 0.2) is 5.38 Å². The Balaban J connectivity index is 1.65. The van der Waals surface area contributed by atoms with Gasteiger partial charge in [-0.3, -0.25) is 0 Å². The molecule has 1 N–H and O–H groups in total. The van der Waals surface area contributed by atoms with Gasteiger partial charge in [-0.25, -0.2) is 4.98 Å². The first kappa shape index (κ1) is 12.5. The van der Waals surface area contributed by atoms with Gasteiger partial charge in [0.05, 0.1) is 30.0 Å². The van der Waals surface area contributed by atoms with Crippen molar-refractivity contribution in [2.45, 2.75) is 24.8 Å². The highest BCUT2D eigenvalue weighted by molar-refractivity contribution is 7.09. The van der Waals surface area contributed by atoms with Gasteiger partial charge < -0.3 is 15.0 Å². The molecule has 18 heavy (non-hydrogen) atoms. The van der Waals surface area contributed by atoms with E-state index in [0.29, 0.717) is 12.0 Å². The van der Waals surface area contributed by atoms with Crippen LogP contribution in [0.25, 0.3) is 0 Å². The Morgan fingerprint density at radius 1 is 1.44 bits per heavy atom. The number of hydrogen-bond donors (Lipinski definition) is 1. The van der Waals surface area contributed by atoms with Gasteiger partial charge in [0.2, 0.25) is 0 Å². The summed E-state index contributed by atoms with van der Waals surface area (Å²) in [5, 5.41) is 7.00. The van der Waals surface area contributed by atoms with Crippen LogP contribution in [-0.4, -0.2) is 49.8 Å². The van der Waals surface area contributed by atoms with E-state index in [9.17, 15) is 0 Å². The average molecular weight is 267 g/mol. The minimum Gasteiger partial charge on any atom is -0.378 e.